The van der Waals surface area contributed by atoms with Crippen molar-refractivity contribution in [1.29, 1.82) is 0 Å². The van der Waals surface area contributed by atoms with E-state index in [4.69, 9.17) is 4.74 Å². The lowest BCUT2D eigenvalue weighted by atomic mass is 10.0. The number of carbonyl (C=O) groups is 1. The minimum atomic E-state index is 0.144. The molecule has 124 valence electrons. The van der Waals surface area contributed by atoms with Crippen molar-refractivity contribution in [3.63, 3.8) is 0 Å². The molecule has 4 rings (SSSR count). The maximum absolute atomic E-state index is 12.7. The average molecular weight is 321 g/mol. The Morgan fingerprint density at radius 1 is 1.00 bits per heavy atom. The van der Waals surface area contributed by atoms with Crippen LogP contribution in [0.3, 0.4) is 0 Å². The Hall–Kier alpha value is -2.13. The maximum Gasteiger partial charge on any atom is 0.229 e. The molecule has 2 aromatic carbocycles. The predicted octanol–water partition coefficient (Wildman–Crippen LogP) is 3.53. The molecule has 1 amide bonds. The van der Waals surface area contributed by atoms with E-state index in [0.717, 1.165) is 17.9 Å². The molecular formula is C21H23NO2. The summed E-state index contributed by atoms with van der Waals surface area (Å²) in [6, 6.07) is 19.0. The summed E-state index contributed by atoms with van der Waals surface area (Å²) in [6.45, 7) is 1.04. The van der Waals surface area contributed by atoms with Crippen molar-refractivity contribution in [1.82, 2.24) is 4.90 Å². The summed E-state index contributed by atoms with van der Waals surface area (Å²) in [6.07, 6.45) is 3.93. The third-order valence-electron chi connectivity index (χ3n) is 5.00. The van der Waals surface area contributed by atoms with E-state index < -0.39 is 0 Å². The molecule has 0 spiro atoms. The first-order chi connectivity index (χ1) is 11.8. The van der Waals surface area contributed by atoms with E-state index in [1.807, 2.05) is 23.1 Å². The summed E-state index contributed by atoms with van der Waals surface area (Å²) in [5.41, 5.74) is 3.76. The normalized spacial score (nSPS) is 20.3. The number of nitrogens with zero attached hydrogens (tertiary/aromatic N) is 1. The molecule has 1 saturated carbocycles. The van der Waals surface area contributed by atoms with Gasteiger partial charge >= 0.3 is 0 Å². The number of hydrogen-bond donors (Lipinski definition) is 0. The van der Waals surface area contributed by atoms with Gasteiger partial charge in [0.2, 0.25) is 5.91 Å². The highest BCUT2D eigenvalue weighted by molar-refractivity contribution is 5.79. The van der Waals surface area contributed by atoms with Crippen LogP contribution in [0.25, 0.3) is 0 Å². The summed E-state index contributed by atoms with van der Waals surface area (Å²) in [4.78, 5) is 14.6. The van der Waals surface area contributed by atoms with Crippen LogP contribution >= 0.6 is 0 Å². The fourth-order valence-corrected chi connectivity index (χ4v) is 3.41. The molecule has 0 bridgehead atoms. The Labute approximate surface area is 143 Å². The third kappa shape index (κ3) is 3.51. The smallest absolute Gasteiger partial charge is 0.229 e. The molecule has 2 aromatic rings. The molecule has 0 N–H and O–H groups in total. The van der Waals surface area contributed by atoms with Crippen molar-refractivity contribution in [2.75, 3.05) is 13.3 Å². The minimum absolute atomic E-state index is 0.144. The van der Waals surface area contributed by atoms with Crippen LogP contribution in [-0.2, 0) is 22.4 Å². The Morgan fingerprint density at radius 2 is 1.75 bits per heavy atom. The maximum atomic E-state index is 12.7. The summed E-state index contributed by atoms with van der Waals surface area (Å²) in [5.74, 6) is 0.921. The Bertz CT molecular complexity index is 692. The van der Waals surface area contributed by atoms with E-state index >= 15 is 0 Å². The van der Waals surface area contributed by atoms with Crippen LogP contribution in [0.2, 0.25) is 0 Å². The molecule has 1 aliphatic carbocycles. The molecule has 0 radical (unpaired) electrons. The number of carbonyl (C=O) groups excluding carboxylic acids is 1. The van der Waals surface area contributed by atoms with E-state index in [2.05, 4.69) is 36.4 Å². The molecule has 0 unspecified atom stereocenters. The summed E-state index contributed by atoms with van der Waals surface area (Å²) in [5, 5.41) is 0. The average Bonchev–Trinajstić information content (AvgIpc) is 3.36. The van der Waals surface area contributed by atoms with Crippen molar-refractivity contribution in [2.24, 2.45) is 0 Å². The SMILES string of the molecule is O=C(Cc1ccc(C2CC2)cc1)N1COC[C@H]1Cc1ccccc1. The first-order valence-electron chi connectivity index (χ1n) is 8.79. The third-order valence-corrected chi connectivity index (χ3v) is 5.00. The highest BCUT2D eigenvalue weighted by Gasteiger charge is 2.29. The van der Waals surface area contributed by atoms with Gasteiger partial charge in [-0.15, -0.1) is 0 Å². The molecule has 2 aliphatic rings. The lowest BCUT2D eigenvalue weighted by molar-refractivity contribution is -0.132. The second-order valence-electron chi connectivity index (χ2n) is 6.90. The number of rotatable bonds is 5. The lowest BCUT2D eigenvalue weighted by Gasteiger charge is -2.22. The van der Waals surface area contributed by atoms with Crippen LogP contribution < -0.4 is 0 Å². The van der Waals surface area contributed by atoms with Crippen LogP contribution in [-0.4, -0.2) is 30.2 Å². The molecule has 1 atom stereocenters. The standard InChI is InChI=1S/C21H23NO2/c23-21(13-17-6-8-18(9-7-17)19-10-11-19)22-15-24-14-20(22)12-16-4-2-1-3-5-16/h1-9,19-20H,10-15H2/t20-/m1/s1. The first-order valence-corrected chi connectivity index (χ1v) is 8.79. The zero-order valence-corrected chi connectivity index (χ0v) is 13.9. The van der Waals surface area contributed by atoms with Gasteiger partial charge in [-0.05, 0) is 41.9 Å². The van der Waals surface area contributed by atoms with Crippen molar-refractivity contribution >= 4 is 5.91 Å². The minimum Gasteiger partial charge on any atom is -0.359 e. The number of hydrogen-bond acceptors (Lipinski definition) is 2. The highest BCUT2D eigenvalue weighted by Crippen LogP contribution is 2.39. The molecule has 1 aliphatic heterocycles. The van der Waals surface area contributed by atoms with Crippen molar-refractivity contribution in [3.8, 4) is 0 Å². The van der Waals surface area contributed by atoms with Gasteiger partial charge in [0.1, 0.15) is 6.73 Å². The number of benzene rings is 2. The predicted molar refractivity (Wildman–Crippen MR) is 93.7 cm³/mol. The molecule has 24 heavy (non-hydrogen) atoms. The molecule has 0 aromatic heterocycles. The fraction of sp³-hybridized carbons (Fsp3) is 0.381. The second kappa shape index (κ2) is 6.78. The van der Waals surface area contributed by atoms with E-state index in [-0.39, 0.29) is 11.9 Å². The monoisotopic (exact) mass is 321 g/mol. The van der Waals surface area contributed by atoms with Crippen LogP contribution in [0.15, 0.2) is 54.6 Å². The van der Waals surface area contributed by atoms with Crippen LogP contribution in [0.4, 0.5) is 0 Å². The quantitative estimate of drug-likeness (QED) is 0.843. The van der Waals surface area contributed by atoms with Gasteiger partial charge in [0.05, 0.1) is 19.1 Å². The Balaban J connectivity index is 1.39. The molecule has 3 heteroatoms. The van der Waals surface area contributed by atoms with Gasteiger partial charge in [-0.1, -0.05) is 54.6 Å². The molecule has 2 fully saturated rings. The molecule has 1 saturated heterocycles. The van der Waals surface area contributed by atoms with Gasteiger partial charge in [-0.3, -0.25) is 4.79 Å². The summed E-state index contributed by atoms with van der Waals surface area (Å²) in [7, 11) is 0. The van der Waals surface area contributed by atoms with Gasteiger partial charge in [-0.2, -0.15) is 0 Å². The molecular weight excluding hydrogens is 298 g/mol. The highest BCUT2D eigenvalue weighted by atomic mass is 16.5. The summed E-state index contributed by atoms with van der Waals surface area (Å²) >= 11 is 0. The van der Waals surface area contributed by atoms with Gasteiger partial charge < -0.3 is 9.64 Å². The van der Waals surface area contributed by atoms with Gasteiger partial charge in [0.15, 0.2) is 0 Å². The van der Waals surface area contributed by atoms with E-state index in [1.165, 1.54) is 24.0 Å². The van der Waals surface area contributed by atoms with Crippen molar-refractivity contribution < 1.29 is 9.53 Å². The van der Waals surface area contributed by atoms with E-state index in [9.17, 15) is 4.79 Å². The number of ether oxygens (including phenoxy) is 1. The fourth-order valence-electron chi connectivity index (χ4n) is 3.41. The van der Waals surface area contributed by atoms with E-state index in [1.54, 1.807) is 0 Å². The Kier molecular flexibility index (Phi) is 4.35. The lowest BCUT2D eigenvalue weighted by Crippen LogP contribution is -2.38. The largest absolute Gasteiger partial charge is 0.359 e. The van der Waals surface area contributed by atoms with Crippen molar-refractivity contribution in [3.05, 3.63) is 71.3 Å². The number of amides is 1. The zero-order valence-electron chi connectivity index (χ0n) is 13.9. The second-order valence-corrected chi connectivity index (χ2v) is 6.90. The van der Waals surface area contributed by atoms with Crippen LogP contribution in [0.1, 0.15) is 35.4 Å². The first kappa shape index (κ1) is 15.4. The summed E-state index contributed by atoms with van der Waals surface area (Å²) < 4.78 is 5.56. The van der Waals surface area contributed by atoms with E-state index in [0.29, 0.717) is 19.8 Å². The van der Waals surface area contributed by atoms with Gasteiger partial charge in [-0.25, -0.2) is 0 Å². The molecule has 3 nitrogen and oxygen atoms in total. The van der Waals surface area contributed by atoms with Crippen molar-refractivity contribution in [2.45, 2.75) is 37.6 Å². The Morgan fingerprint density at radius 3 is 2.46 bits per heavy atom. The van der Waals surface area contributed by atoms with Crippen LogP contribution in [0, 0.1) is 0 Å². The zero-order chi connectivity index (χ0) is 16.4. The van der Waals surface area contributed by atoms with Crippen LogP contribution in [0.5, 0.6) is 0 Å². The topological polar surface area (TPSA) is 29.5 Å². The van der Waals surface area contributed by atoms with Gasteiger partial charge in [0, 0.05) is 0 Å². The van der Waals surface area contributed by atoms with Gasteiger partial charge in [0.25, 0.3) is 0 Å². The molecule has 1 heterocycles.